The zero-order valence-corrected chi connectivity index (χ0v) is 21.3. The highest BCUT2D eigenvalue weighted by Crippen LogP contribution is 2.29. The van der Waals surface area contributed by atoms with Crippen LogP contribution in [0.15, 0.2) is 30.3 Å². The van der Waals surface area contributed by atoms with Crippen LogP contribution in [-0.4, -0.2) is 108 Å². The smallest absolute Gasteiger partial charge is 0.296 e. The molecule has 0 N–H and O–H groups in total. The molecule has 2 aliphatic rings. The van der Waals surface area contributed by atoms with Gasteiger partial charge in [-0.25, -0.2) is 13.8 Å². The zero-order valence-electron chi connectivity index (χ0n) is 21.3. The normalized spacial score (nSPS) is 16.5. The summed E-state index contributed by atoms with van der Waals surface area (Å²) in [5.74, 6) is 3.56. The van der Waals surface area contributed by atoms with Crippen molar-refractivity contribution in [2.24, 2.45) is 0 Å². The second-order valence-electron chi connectivity index (χ2n) is 9.32. The zero-order chi connectivity index (χ0) is 26.6. The number of anilines is 2. The van der Waals surface area contributed by atoms with Crippen molar-refractivity contribution in [3.05, 3.63) is 36.2 Å². The number of hydrogen-bond donors (Lipinski definition) is 0. The average Bonchev–Trinajstić information content (AvgIpc) is 3.34. The Balaban J connectivity index is 1.46. The minimum absolute atomic E-state index is 0.0197. The molecule has 200 valence electrons. The first-order valence-electron chi connectivity index (χ1n) is 12.6. The summed E-state index contributed by atoms with van der Waals surface area (Å²) in [6, 6.07) is 8.85. The van der Waals surface area contributed by atoms with Crippen LogP contribution in [0.1, 0.15) is 12.2 Å². The number of carbonyl (C=O) groups is 1. The number of imidazole rings is 1. The van der Waals surface area contributed by atoms with Crippen LogP contribution in [0, 0.1) is 12.3 Å². The predicted molar refractivity (Wildman–Crippen MR) is 140 cm³/mol. The number of benzene rings is 1. The van der Waals surface area contributed by atoms with Crippen molar-refractivity contribution in [2.45, 2.75) is 6.43 Å². The quantitative estimate of drug-likeness (QED) is 0.433. The molecule has 4 heterocycles. The lowest BCUT2D eigenvalue weighted by atomic mass is 10.3. The number of piperazine rings is 1. The summed E-state index contributed by atoms with van der Waals surface area (Å²) >= 11 is 0. The number of fused-ring (bicyclic) bond motifs is 1. The van der Waals surface area contributed by atoms with Crippen molar-refractivity contribution in [3.63, 3.8) is 0 Å². The first kappa shape index (κ1) is 25.8. The van der Waals surface area contributed by atoms with Crippen molar-refractivity contribution >= 4 is 28.6 Å². The van der Waals surface area contributed by atoms with Crippen molar-refractivity contribution in [2.75, 3.05) is 82.4 Å². The summed E-state index contributed by atoms with van der Waals surface area (Å²) in [5, 5.41) is 0. The molecule has 2 aromatic heterocycles. The van der Waals surface area contributed by atoms with Crippen LogP contribution in [0.4, 0.5) is 20.4 Å². The second kappa shape index (κ2) is 11.3. The van der Waals surface area contributed by atoms with Crippen LogP contribution in [0.2, 0.25) is 0 Å². The molecular formula is C26H30F2N8O2. The van der Waals surface area contributed by atoms with Gasteiger partial charge in [0.1, 0.15) is 11.6 Å². The van der Waals surface area contributed by atoms with Crippen LogP contribution >= 0.6 is 0 Å². The van der Waals surface area contributed by atoms with Gasteiger partial charge in [-0.1, -0.05) is 18.1 Å². The van der Waals surface area contributed by atoms with Gasteiger partial charge in [0.25, 0.3) is 6.43 Å². The molecule has 0 atom stereocenters. The molecule has 38 heavy (non-hydrogen) atoms. The van der Waals surface area contributed by atoms with Gasteiger partial charge in [-0.3, -0.25) is 14.3 Å². The number of alkyl halides is 2. The van der Waals surface area contributed by atoms with E-state index in [0.717, 1.165) is 0 Å². The Labute approximate surface area is 219 Å². The molecule has 0 saturated carbocycles. The topological polar surface area (TPSA) is 82.9 Å². The van der Waals surface area contributed by atoms with E-state index in [1.54, 1.807) is 29.2 Å². The third-order valence-electron chi connectivity index (χ3n) is 6.73. The molecule has 2 fully saturated rings. The number of morpholine rings is 1. The van der Waals surface area contributed by atoms with Crippen LogP contribution in [0.25, 0.3) is 17.0 Å². The van der Waals surface area contributed by atoms with Crippen LogP contribution in [0.5, 0.6) is 0 Å². The number of aromatic nitrogens is 4. The van der Waals surface area contributed by atoms with E-state index >= 15 is 0 Å². The van der Waals surface area contributed by atoms with Crippen molar-refractivity contribution < 1.29 is 18.3 Å². The number of halogens is 2. The van der Waals surface area contributed by atoms with Gasteiger partial charge >= 0.3 is 0 Å². The number of para-hydroxylation sites is 2. The number of nitrogens with zero attached hydrogens (tertiary/aromatic N) is 8. The van der Waals surface area contributed by atoms with E-state index in [2.05, 4.69) is 20.7 Å². The SMILES string of the molecule is C#CCN(C)CC(=O)N1CCN(c2cc(N3CCOCC3)nc(-n3c(C(F)F)nc4ccccc43)n2)CC1. The molecule has 5 rings (SSSR count). The number of likely N-dealkylation sites (N-methyl/N-ethyl adjacent to an activating group) is 1. The molecule has 1 aromatic carbocycles. The summed E-state index contributed by atoms with van der Waals surface area (Å²) in [6.45, 7) is 5.18. The molecule has 2 aliphatic heterocycles. The van der Waals surface area contributed by atoms with Crippen molar-refractivity contribution in [1.82, 2.24) is 29.3 Å². The molecule has 1 amide bonds. The van der Waals surface area contributed by atoms with Gasteiger partial charge in [-0.15, -0.1) is 6.42 Å². The van der Waals surface area contributed by atoms with Gasteiger partial charge in [-0.05, 0) is 19.2 Å². The van der Waals surface area contributed by atoms with Gasteiger partial charge in [0.15, 0.2) is 5.82 Å². The van der Waals surface area contributed by atoms with Crippen LogP contribution in [0.3, 0.4) is 0 Å². The Hall–Kier alpha value is -3.82. The maximum Gasteiger partial charge on any atom is 0.296 e. The molecule has 0 radical (unpaired) electrons. The maximum absolute atomic E-state index is 14.1. The van der Waals surface area contributed by atoms with Crippen LogP contribution < -0.4 is 9.80 Å². The summed E-state index contributed by atoms with van der Waals surface area (Å²) in [7, 11) is 1.82. The molecule has 3 aromatic rings. The number of carbonyl (C=O) groups excluding carboxylic acids is 1. The first-order chi connectivity index (χ1) is 18.4. The van der Waals surface area contributed by atoms with E-state index in [-0.39, 0.29) is 18.4 Å². The largest absolute Gasteiger partial charge is 0.378 e. The molecule has 0 bridgehead atoms. The van der Waals surface area contributed by atoms with E-state index in [4.69, 9.17) is 21.1 Å². The van der Waals surface area contributed by atoms with Gasteiger partial charge in [-0.2, -0.15) is 9.97 Å². The summed E-state index contributed by atoms with van der Waals surface area (Å²) < 4.78 is 35.0. The fourth-order valence-electron chi connectivity index (χ4n) is 4.76. The highest BCUT2D eigenvalue weighted by molar-refractivity contribution is 5.79. The fourth-order valence-corrected chi connectivity index (χ4v) is 4.76. The first-order valence-corrected chi connectivity index (χ1v) is 12.6. The van der Waals surface area contributed by atoms with E-state index in [0.29, 0.717) is 81.7 Å². The Morgan fingerprint density at radius 3 is 2.37 bits per heavy atom. The van der Waals surface area contributed by atoms with Crippen molar-refractivity contribution in [3.8, 4) is 18.3 Å². The third-order valence-corrected chi connectivity index (χ3v) is 6.73. The Bertz CT molecular complexity index is 1330. The standard InChI is InChI=1S/C26H30F2N8O2/c1-3-8-32(2)18-23(37)35-11-9-33(10-12-35)21-17-22(34-13-15-38-16-14-34)31-26(30-21)36-20-7-5-4-6-19(20)29-25(36)24(27)28/h1,4-7,17,24H,8-16,18H2,2H3. The van der Waals surface area contributed by atoms with Gasteiger partial charge in [0.05, 0.1) is 37.3 Å². The monoisotopic (exact) mass is 524 g/mol. The number of amides is 1. The van der Waals surface area contributed by atoms with E-state index in [1.807, 2.05) is 18.0 Å². The van der Waals surface area contributed by atoms with E-state index in [1.165, 1.54) is 4.57 Å². The lowest BCUT2D eigenvalue weighted by molar-refractivity contribution is -0.132. The minimum Gasteiger partial charge on any atom is -0.378 e. The third kappa shape index (κ3) is 5.39. The van der Waals surface area contributed by atoms with E-state index < -0.39 is 12.2 Å². The number of terminal acetylenes is 1. The molecule has 2 saturated heterocycles. The van der Waals surface area contributed by atoms with Crippen molar-refractivity contribution in [1.29, 1.82) is 0 Å². The lowest BCUT2D eigenvalue weighted by Crippen LogP contribution is -2.51. The van der Waals surface area contributed by atoms with Gasteiger partial charge in [0.2, 0.25) is 11.9 Å². The lowest BCUT2D eigenvalue weighted by Gasteiger charge is -2.36. The summed E-state index contributed by atoms with van der Waals surface area (Å²) in [6.07, 6.45) is 2.54. The molecule has 0 spiro atoms. The fraction of sp³-hybridized carbons (Fsp3) is 0.462. The number of rotatable bonds is 7. The maximum atomic E-state index is 14.1. The highest BCUT2D eigenvalue weighted by atomic mass is 19.3. The summed E-state index contributed by atoms with van der Waals surface area (Å²) in [4.78, 5) is 34.1. The average molecular weight is 525 g/mol. The Kier molecular flexibility index (Phi) is 7.67. The predicted octanol–water partition coefficient (Wildman–Crippen LogP) is 1.80. The molecule has 0 aliphatic carbocycles. The van der Waals surface area contributed by atoms with Gasteiger partial charge in [0, 0.05) is 45.3 Å². The number of ether oxygens (including phenoxy) is 1. The molecule has 0 unspecified atom stereocenters. The van der Waals surface area contributed by atoms with E-state index in [9.17, 15) is 13.6 Å². The Morgan fingerprint density at radius 2 is 1.71 bits per heavy atom. The molecular weight excluding hydrogens is 494 g/mol. The molecule has 10 nitrogen and oxygen atoms in total. The van der Waals surface area contributed by atoms with Crippen LogP contribution in [-0.2, 0) is 9.53 Å². The second-order valence-corrected chi connectivity index (χ2v) is 9.32. The Morgan fingerprint density at radius 1 is 1.05 bits per heavy atom. The minimum atomic E-state index is -2.80. The van der Waals surface area contributed by atoms with Gasteiger partial charge < -0.3 is 19.4 Å². The highest BCUT2D eigenvalue weighted by Gasteiger charge is 2.27. The molecule has 12 heteroatoms. The summed E-state index contributed by atoms with van der Waals surface area (Å²) in [5.41, 5.74) is 0.964. The number of hydrogen-bond acceptors (Lipinski definition) is 8.